The van der Waals surface area contributed by atoms with Crippen LogP contribution in [0, 0.1) is 0 Å². The van der Waals surface area contributed by atoms with Crippen molar-refractivity contribution < 1.29 is 13.3 Å². The van der Waals surface area contributed by atoms with Gasteiger partial charge in [-0.25, -0.2) is 15.0 Å². The molecule has 0 saturated carbocycles. The predicted molar refractivity (Wildman–Crippen MR) is 250 cm³/mol. The van der Waals surface area contributed by atoms with Gasteiger partial charge in [0.05, 0.1) is 27.8 Å². The van der Waals surface area contributed by atoms with Gasteiger partial charge in [-0.1, -0.05) is 121 Å². The normalized spacial score (nSPS) is 12.2. The van der Waals surface area contributed by atoms with E-state index in [0.717, 1.165) is 104 Å². The van der Waals surface area contributed by atoms with E-state index >= 15 is 0 Å². The maximum absolute atomic E-state index is 6.82. The van der Waals surface area contributed by atoms with Gasteiger partial charge in [0.15, 0.2) is 23.1 Å². The van der Waals surface area contributed by atoms with Gasteiger partial charge in [0, 0.05) is 48.7 Å². The molecule has 14 rings (SSSR count). The molecule has 62 heavy (non-hydrogen) atoms. The molecule has 0 amide bonds. The largest absolute Gasteiger partial charge is 0.455 e. The van der Waals surface area contributed by atoms with E-state index in [1.54, 1.807) is 0 Å². The second-order valence-corrected chi connectivity index (χ2v) is 15.9. The number of aromatic nitrogens is 4. The van der Waals surface area contributed by atoms with Gasteiger partial charge < -0.3 is 17.8 Å². The number of hydrogen-bond donors (Lipinski definition) is 0. The average Bonchev–Trinajstić information content (AvgIpc) is 4.09. The van der Waals surface area contributed by atoms with Crippen molar-refractivity contribution >= 4 is 98.4 Å². The quantitative estimate of drug-likeness (QED) is 0.176. The van der Waals surface area contributed by atoms with Crippen LogP contribution >= 0.6 is 0 Å². The summed E-state index contributed by atoms with van der Waals surface area (Å²) in [6, 6.07) is 62.7. The lowest BCUT2D eigenvalue weighted by Crippen LogP contribution is -2.02. The summed E-state index contributed by atoms with van der Waals surface area (Å²) in [5, 5.41) is 10.7. The summed E-state index contributed by atoms with van der Waals surface area (Å²) in [6.07, 6.45) is 0. The van der Waals surface area contributed by atoms with Crippen molar-refractivity contribution in [2.45, 2.75) is 0 Å². The Bertz CT molecular complexity index is 4060. The van der Waals surface area contributed by atoms with Gasteiger partial charge in [-0.15, -0.1) is 0 Å². The summed E-state index contributed by atoms with van der Waals surface area (Å²) in [5.74, 6) is 1.49. The highest BCUT2D eigenvalue weighted by molar-refractivity contribution is 6.16. The number of nitrogens with zero attached hydrogens (tertiary/aromatic N) is 4. The summed E-state index contributed by atoms with van der Waals surface area (Å²) in [4.78, 5) is 16.0. The second-order valence-electron chi connectivity index (χ2n) is 15.9. The van der Waals surface area contributed by atoms with Crippen molar-refractivity contribution in [3.63, 3.8) is 0 Å². The predicted octanol–water partition coefficient (Wildman–Crippen LogP) is 14.8. The Hall–Kier alpha value is -8.55. The van der Waals surface area contributed by atoms with Crippen molar-refractivity contribution in [2.24, 2.45) is 0 Å². The third-order valence-corrected chi connectivity index (χ3v) is 12.4. The van der Waals surface area contributed by atoms with Crippen LogP contribution in [0.25, 0.3) is 138 Å². The van der Waals surface area contributed by atoms with Gasteiger partial charge in [0.1, 0.15) is 27.9 Å². The summed E-state index contributed by atoms with van der Waals surface area (Å²) >= 11 is 0. The SMILES string of the molecule is c1ccc2cc3c(cc2c1)c1ccccc1n3-c1cc(-c2nc(-c3cccc4c3oc3ccccc34)nc(-c3cccc4c3oc3ccccc34)n2)cc2c1oc1ccccc12. The van der Waals surface area contributed by atoms with Crippen LogP contribution in [0.5, 0.6) is 0 Å². The Morgan fingerprint density at radius 2 is 0.806 bits per heavy atom. The molecule has 0 unspecified atom stereocenters. The Kier molecular flexibility index (Phi) is 6.71. The van der Waals surface area contributed by atoms with Crippen molar-refractivity contribution in [1.29, 1.82) is 0 Å². The average molecular weight is 795 g/mol. The summed E-state index contributed by atoms with van der Waals surface area (Å²) < 4.78 is 22.3. The van der Waals surface area contributed by atoms with E-state index in [4.69, 9.17) is 28.2 Å². The smallest absolute Gasteiger partial charge is 0.167 e. The molecule has 0 N–H and O–H groups in total. The summed E-state index contributed by atoms with van der Waals surface area (Å²) in [5.41, 5.74) is 10.00. The molecule has 0 radical (unpaired) electrons. The summed E-state index contributed by atoms with van der Waals surface area (Å²) in [6.45, 7) is 0. The maximum Gasteiger partial charge on any atom is 0.167 e. The Labute approximate surface area is 351 Å². The van der Waals surface area contributed by atoms with Crippen molar-refractivity contribution in [2.75, 3.05) is 0 Å². The second kappa shape index (κ2) is 12.5. The van der Waals surface area contributed by atoms with E-state index in [-0.39, 0.29) is 0 Å². The number of para-hydroxylation sites is 6. The summed E-state index contributed by atoms with van der Waals surface area (Å²) in [7, 11) is 0. The first kappa shape index (κ1) is 33.3. The monoisotopic (exact) mass is 794 g/mol. The minimum absolute atomic E-state index is 0.491. The number of furan rings is 3. The highest BCUT2D eigenvalue weighted by atomic mass is 16.3. The fourth-order valence-corrected chi connectivity index (χ4v) is 9.61. The van der Waals surface area contributed by atoms with Crippen LogP contribution in [-0.4, -0.2) is 19.5 Å². The number of hydrogen-bond acceptors (Lipinski definition) is 6. The molecule has 9 aromatic carbocycles. The van der Waals surface area contributed by atoms with Crippen LogP contribution in [0.3, 0.4) is 0 Å². The number of rotatable bonds is 4. The van der Waals surface area contributed by atoms with Crippen molar-refractivity contribution in [1.82, 2.24) is 19.5 Å². The number of fused-ring (bicyclic) bond motifs is 13. The lowest BCUT2D eigenvalue weighted by Gasteiger charge is -2.13. The molecule has 5 heterocycles. The van der Waals surface area contributed by atoms with Crippen LogP contribution in [0.2, 0.25) is 0 Å². The Morgan fingerprint density at radius 1 is 0.323 bits per heavy atom. The highest BCUT2D eigenvalue weighted by Gasteiger charge is 2.24. The van der Waals surface area contributed by atoms with E-state index in [1.807, 2.05) is 72.8 Å². The lowest BCUT2D eigenvalue weighted by molar-refractivity contribution is 0.666. The maximum atomic E-state index is 6.82. The molecule has 0 spiro atoms. The molecule has 0 aliphatic rings. The minimum Gasteiger partial charge on any atom is -0.455 e. The third-order valence-electron chi connectivity index (χ3n) is 12.4. The molecule has 14 aromatic rings. The lowest BCUT2D eigenvalue weighted by atomic mass is 10.0. The molecular formula is C55H30N4O3. The van der Waals surface area contributed by atoms with Gasteiger partial charge in [0.2, 0.25) is 0 Å². The fourth-order valence-electron chi connectivity index (χ4n) is 9.61. The van der Waals surface area contributed by atoms with E-state index in [2.05, 4.69) is 114 Å². The molecule has 0 aliphatic carbocycles. The Morgan fingerprint density at radius 3 is 1.44 bits per heavy atom. The molecule has 7 heteroatoms. The first-order valence-corrected chi connectivity index (χ1v) is 20.7. The van der Waals surface area contributed by atoms with Gasteiger partial charge in [-0.2, -0.15) is 0 Å². The van der Waals surface area contributed by atoms with E-state index in [1.165, 1.54) is 5.39 Å². The van der Waals surface area contributed by atoms with Gasteiger partial charge >= 0.3 is 0 Å². The zero-order valence-electron chi connectivity index (χ0n) is 32.8. The topological polar surface area (TPSA) is 83.0 Å². The van der Waals surface area contributed by atoms with Crippen LogP contribution in [0.15, 0.2) is 195 Å². The highest BCUT2D eigenvalue weighted by Crippen LogP contribution is 2.43. The molecule has 5 aromatic heterocycles. The molecule has 0 atom stereocenters. The van der Waals surface area contributed by atoms with Crippen molar-refractivity contribution in [3.8, 4) is 39.9 Å². The van der Waals surface area contributed by atoms with Gasteiger partial charge in [0.25, 0.3) is 0 Å². The molecule has 0 aliphatic heterocycles. The fraction of sp³-hybridized carbons (Fsp3) is 0. The van der Waals surface area contributed by atoms with E-state index in [9.17, 15) is 0 Å². The van der Waals surface area contributed by atoms with Gasteiger partial charge in [-0.3, -0.25) is 0 Å². The first-order valence-electron chi connectivity index (χ1n) is 20.7. The molecular weight excluding hydrogens is 765 g/mol. The van der Waals surface area contributed by atoms with Crippen molar-refractivity contribution in [3.05, 3.63) is 182 Å². The molecule has 0 fully saturated rings. The zero-order valence-corrected chi connectivity index (χ0v) is 32.8. The van der Waals surface area contributed by atoms with Crippen LogP contribution < -0.4 is 0 Å². The van der Waals surface area contributed by atoms with E-state index in [0.29, 0.717) is 28.6 Å². The van der Waals surface area contributed by atoms with Crippen LogP contribution in [-0.2, 0) is 0 Å². The van der Waals surface area contributed by atoms with Crippen LogP contribution in [0.1, 0.15) is 0 Å². The molecule has 0 saturated heterocycles. The molecule has 0 bridgehead atoms. The van der Waals surface area contributed by atoms with Crippen LogP contribution in [0.4, 0.5) is 0 Å². The number of benzene rings is 9. The third kappa shape index (κ3) is 4.73. The standard InChI is InChI=1S/C55H30N4O3/c1-2-14-32-29-45-42(27-31(32)13-1)34-15-3-7-23-44(34)59(45)46-30-33(28-43-37-18-6-10-26-49(37)62-52(43)46)53-56-54(40-21-11-19-38-35-16-4-8-24-47(35)60-50(38)40)58-55(57-53)41-22-12-20-39-36-17-5-9-25-48(36)61-51(39)41/h1-30H. The van der Waals surface area contributed by atoms with E-state index < -0.39 is 0 Å². The first-order chi connectivity index (χ1) is 30.7. The Balaban J connectivity index is 1.10. The zero-order chi connectivity index (χ0) is 40.5. The molecule has 288 valence electrons. The minimum atomic E-state index is 0.491. The molecule has 7 nitrogen and oxygen atoms in total. The van der Waals surface area contributed by atoms with Gasteiger partial charge in [-0.05, 0) is 71.4 Å².